The summed E-state index contributed by atoms with van der Waals surface area (Å²) < 4.78 is 13.2. The summed E-state index contributed by atoms with van der Waals surface area (Å²) in [6.45, 7) is 6.22. The van der Waals surface area contributed by atoms with Crippen LogP contribution in [0.5, 0.6) is 5.75 Å². The average molecular weight is 381 g/mol. The maximum Gasteiger partial charge on any atom is 0.407 e. The van der Waals surface area contributed by atoms with E-state index in [2.05, 4.69) is 5.32 Å². The molecule has 0 saturated carbocycles. The number of amides is 1. The standard InChI is InChI=1S/C17H23N3O5S/c1-17(2,3)25-14(21)18-9-6-10-24-13-8-5-7-12(11-13)20-15(22)19(4)16(23)26-20/h5,7-8,11H,6,9-10H2,1-4H3,(H,18,21). The molecule has 26 heavy (non-hydrogen) atoms. The molecule has 0 spiro atoms. The van der Waals surface area contributed by atoms with E-state index < -0.39 is 17.4 Å². The highest BCUT2D eigenvalue weighted by Crippen LogP contribution is 2.16. The van der Waals surface area contributed by atoms with Crippen molar-refractivity contribution in [3.63, 3.8) is 0 Å². The number of rotatable bonds is 6. The van der Waals surface area contributed by atoms with Gasteiger partial charge in [-0.2, -0.15) is 0 Å². The Labute approximate surface area is 155 Å². The highest BCUT2D eigenvalue weighted by atomic mass is 32.1. The fraction of sp³-hybridized carbons (Fsp3) is 0.471. The van der Waals surface area contributed by atoms with Crippen molar-refractivity contribution in [2.24, 2.45) is 7.05 Å². The quantitative estimate of drug-likeness (QED) is 0.772. The van der Waals surface area contributed by atoms with Gasteiger partial charge >= 0.3 is 16.7 Å². The summed E-state index contributed by atoms with van der Waals surface area (Å²) >= 11 is 0.837. The minimum absolute atomic E-state index is 0.325. The van der Waals surface area contributed by atoms with E-state index in [0.717, 1.165) is 16.1 Å². The molecule has 1 amide bonds. The number of hydrogen-bond donors (Lipinski definition) is 1. The van der Waals surface area contributed by atoms with Gasteiger partial charge < -0.3 is 14.8 Å². The predicted octanol–water partition coefficient (Wildman–Crippen LogP) is 1.89. The fourth-order valence-electron chi connectivity index (χ4n) is 2.02. The SMILES string of the molecule is Cn1c(=O)sn(-c2cccc(OCCCNC(=O)OC(C)(C)C)c2)c1=O. The monoisotopic (exact) mass is 381 g/mol. The number of hydrogen-bond acceptors (Lipinski definition) is 6. The Bertz CT molecular complexity index is 875. The van der Waals surface area contributed by atoms with Gasteiger partial charge in [-0.15, -0.1) is 0 Å². The molecule has 0 saturated heterocycles. The third kappa shape index (κ3) is 5.48. The van der Waals surface area contributed by atoms with Gasteiger partial charge in [0.05, 0.1) is 12.3 Å². The molecular weight excluding hydrogens is 358 g/mol. The minimum atomic E-state index is -0.526. The van der Waals surface area contributed by atoms with E-state index in [-0.39, 0.29) is 4.87 Å². The van der Waals surface area contributed by atoms with Crippen molar-refractivity contribution in [2.75, 3.05) is 13.2 Å². The largest absolute Gasteiger partial charge is 0.493 e. The van der Waals surface area contributed by atoms with Gasteiger partial charge in [-0.3, -0.25) is 9.36 Å². The molecular formula is C17H23N3O5S. The fourth-order valence-corrected chi connectivity index (χ4v) is 2.80. The smallest absolute Gasteiger partial charge is 0.407 e. The summed E-state index contributed by atoms with van der Waals surface area (Å²) in [6.07, 6.45) is 0.139. The Kier molecular flexibility index (Phi) is 6.25. The first kappa shape index (κ1) is 19.8. The van der Waals surface area contributed by atoms with Crippen LogP contribution >= 0.6 is 11.5 Å². The second-order valence-electron chi connectivity index (χ2n) is 6.62. The number of nitrogens with one attached hydrogen (secondary N) is 1. The van der Waals surface area contributed by atoms with E-state index in [1.54, 1.807) is 45.0 Å². The van der Waals surface area contributed by atoms with Crippen LogP contribution in [0.3, 0.4) is 0 Å². The van der Waals surface area contributed by atoms with Gasteiger partial charge in [0.1, 0.15) is 11.4 Å². The average Bonchev–Trinajstić information content (AvgIpc) is 2.81. The first-order valence-corrected chi connectivity index (χ1v) is 8.94. The lowest BCUT2D eigenvalue weighted by molar-refractivity contribution is 0.0525. The minimum Gasteiger partial charge on any atom is -0.493 e. The molecule has 0 aliphatic carbocycles. The zero-order chi connectivity index (χ0) is 19.3. The van der Waals surface area contributed by atoms with Crippen molar-refractivity contribution in [3.05, 3.63) is 44.4 Å². The second kappa shape index (κ2) is 8.22. The van der Waals surface area contributed by atoms with Gasteiger partial charge in [-0.05, 0) is 39.3 Å². The first-order valence-electron chi connectivity index (χ1n) is 8.17. The number of aromatic nitrogens is 2. The molecule has 1 aromatic carbocycles. The number of ether oxygens (including phenoxy) is 2. The first-order chi connectivity index (χ1) is 12.2. The normalized spacial score (nSPS) is 11.2. The van der Waals surface area contributed by atoms with Gasteiger partial charge in [0, 0.05) is 31.2 Å². The van der Waals surface area contributed by atoms with Crippen LogP contribution in [0.1, 0.15) is 27.2 Å². The van der Waals surface area contributed by atoms with Crippen LogP contribution in [-0.4, -0.2) is 33.4 Å². The molecule has 0 bridgehead atoms. The Hall–Kier alpha value is -2.55. The van der Waals surface area contributed by atoms with Gasteiger partial charge in [-0.1, -0.05) is 6.07 Å². The van der Waals surface area contributed by atoms with Crippen LogP contribution < -0.4 is 20.6 Å². The van der Waals surface area contributed by atoms with Crippen LogP contribution in [-0.2, 0) is 11.8 Å². The molecule has 0 radical (unpaired) electrons. The van der Waals surface area contributed by atoms with Crippen LogP contribution in [0.2, 0.25) is 0 Å². The highest BCUT2D eigenvalue weighted by molar-refractivity contribution is 7.03. The lowest BCUT2D eigenvalue weighted by Gasteiger charge is -2.19. The van der Waals surface area contributed by atoms with Crippen molar-refractivity contribution in [1.29, 1.82) is 0 Å². The number of carbonyl (C=O) groups is 1. The number of nitrogens with zero attached hydrogens (tertiary/aromatic N) is 2. The van der Waals surface area contributed by atoms with Gasteiger partial charge in [0.2, 0.25) is 0 Å². The van der Waals surface area contributed by atoms with Crippen molar-refractivity contribution in [2.45, 2.75) is 32.8 Å². The van der Waals surface area contributed by atoms with Crippen LogP contribution in [0.4, 0.5) is 4.79 Å². The van der Waals surface area contributed by atoms with E-state index in [1.807, 2.05) is 0 Å². The van der Waals surface area contributed by atoms with Crippen molar-refractivity contribution < 1.29 is 14.3 Å². The molecule has 2 rings (SSSR count). The van der Waals surface area contributed by atoms with Crippen molar-refractivity contribution in [1.82, 2.24) is 13.8 Å². The predicted molar refractivity (Wildman–Crippen MR) is 99.5 cm³/mol. The van der Waals surface area contributed by atoms with Crippen molar-refractivity contribution in [3.8, 4) is 11.4 Å². The lowest BCUT2D eigenvalue weighted by Crippen LogP contribution is -2.33. The third-order valence-electron chi connectivity index (χ3n) is 3.21. The van der Waals surface area contributed by atoms with E-state index in [9.17, 15) is 14.4 Å². The van der Waals surface area contributed by atoms with Gasteiger partial charge in [-0.25, -0.2) is 13.5 Å². The van der Waals surface area contributed by atoms with Crippen LogP contribution in [0.15, 0.2) is 33.9 Å². The van der Waals surface area contributed by atoms with E-state index in [1.165, 1.54) is 11.0 Å². The summed E-state index contributed by atoms with van der Waals surface area (Å²) in [5.74, 6) is 0.579. The number of carbonyl (C=O) groups excluding carboxylic acids is 1. The maximum atomic E-state index is 12.0. The number of alkyl carbamates (subject to hydrolysis) is 1. The van der Waals surface area contributed by atoms with E-state index in [0.29, 0.717) is 31.0 Å². The second-order valence-corrected chi connectivity index (χ2v) is 7.52. The lowest BCUT2D eigenvalue weighted by atomic mass is 10.2. The Morgan fingerprint density at radius 1 is 1.27 bits per heavy atom. The third-order valence-corrected chi connectivity index (χ3v) is 4.19. The van der Waals surface area contributed by atoms with E-state index >= 15 is 0 Å². The molecule has 0 aliphatic rings. The van der Waals surface area contributed by atoms with Crippen LogP contribution in [0, 0.1) is 0 Å². The highest BCUT2D eigenvalue weighted by Gasteiger charge is 2.15. The van der Waals surface area contributed by atoms with E-state index in [4.69, 9.17) is 9.47 Å². The molecule has 0 atom stereocenters. The molecule has 9 heteroatoms. The summed E-state index contributed by atoms with van der Waals surface area (Å²) in [4.78, 5) is 34.8. The summed E-state index contributed by atoms with van der Waals surface area (Å²) in [7, 11) is 1.44. The van der Waals surface area contributed by atoms with Crippen molar-refractivity contribution >= 4 is 17.6 Å². The number of benzene rings is 1. The molecule has 0 fully saturated rings. The summed E-state index contributed by atoms with van der Waals surface area (Å²) in [6, 6.07) is 6.94. The Morgan fingerprint density at radius 3 is 2.62 bits per heavy atom. The van der Waals surface area contributed by atoms with Gasteiger partial charge in [0.15, 0.2) is 0 Å². The zero-order valence-corrected chi connectivity index (χ0v) is 16.1. The summed E-state index contributed by atoms with van der Waals surface area (Å²) in [5.41, 5.74) is -0.345. The topological polar surface area (TPSA) is 91.6 Å². The molecule has 0 aliphatic heterocycles. The molecule has 0 unspecified atom stereocenters. The molecule has 1 heterocycles. The molecule has 142 valence electrons. The summed E-state index contributed by atoms with van der Waals surface area (Å²) in [5, 5.41) is 2.66. The molecule has 2 aromatic rings. The zero-order valence-electron chi connectivity index (χ0n) is 15.3. The van der Waals surface area contributed by atoms with Gasteiger partial charge in [0.25, 0.3) is 0 Å². The molecule has 1 N–H and O–H groups in total. The Balaban J connectivity index is 1.86. The molecule has 1 aromatic heterocycles. The Morgan fingerprint density at radius 2 is 2.00 bits per heavy atom. The molecule has 8 nitrogen and oxygen atoms in total. The maximum absolute atomic E-state index is 12.0. The van der Waals surface area contributed by atoms with Crippen LogP contribution in [0.25, 0.3) is 5.69 Å².